The van der Waals surface area contributed by atoms with Gasteiger partial charge in [0.2, 0.25) is 0 Å². The van der Waals surface area contributed by atoms with Gasteiger partial charge in [0.05, 0.1) is 9.82 Å². The third-order valence-electron chi connectivity index (χ3n) is 4.75. The van der Waals surface area contributed by atoms with Crippen molar-refractivity contribution in [1.82, 2.24) is 10.2 Å². The third kappa shape index (κ3) is 5.99. The van der Waals surface area contributed by atoms with Gasteiger partial charge in [0.1, 0.15) is 0 Å². The standard InChI is InChI=1S/C19H29N3O3S/c1-13(2)9-10-26-18-8-5-15(11-17(18)22(24)25)19(23)20-12-14(3)21(4)16-6-7-16/h5,8,11,13-14,16H,6-7,9-10,12H2,1-4H3,(H,20,23). The van der Waals surface area contributed by atoms with E-state index >= 15 is 0 Å². The number of likely N-dealkylation sites (N-methyl/N-ethyl adjacent to an activating group) is 1. The molecule has 7 heteroatoms. The number of rotatable bonds is 10. The minimum absolute atomic E-state index is 0.00885. The molecule has 1 N–H and O–H groups in total. The first kappa shape index (κ1) is 20.7. The summed E-state index contributed by atoms with van der Waals surface area (Å²) in [5, 5.41) is 14.3. The highest BCUT2D eigenvalue weighted by atomic mass is 32.2. The highest BCUT2D eigenvalue weighted by Gasteiger charge is 2.29. The molecular formula is C19H29N3O3S. The van der Waals surface area contributed by atoms with Crippen LogP contribution in [0.3, 0.4) is 0 Å². The Labute approximate surface area is 159 Å². The van der Waals surface area contributed by atoms with E-state index in [-0.39, 0.29) is 17.6 Å². The van der Waals surface area contributed by atoms with Crippen LogP contribution in [0.15, 0.2) is 23.1 Å². The van der Waals surface area contributed by atoms with Crippen LogP contribution >= 0.6 is 11.8 Å². The monoisotopic (exact) mass is 379 g/mol. The predicted molar refractivity (Wildman–Crippen MR) is 106 cm³/mol. The molecule has 26 heavy (non-hydrogen) atoms. The molecule has 0 aromatic heterocycles. The lowest BCUT2D eigenvalue weighted by Gasteiger charge is -2.24. The van der Waals surface area contributed by atoms with Crippen LogP contribution in [0.25, 0.3) is 0 Å². The summed E-state index contributed by atoms with van der Waals surface area (Å²) in [6.07, 6.45) is 3.43. The molecule has 1 aliphatic rings. The third-order valence-corrected chi connectivity index (χ3v) is 5.84. The normalized spacial score (nSPS) is 15.3. The van der Waals surface area contributed by atoms with Crippen LogP contribution in [0, 0.1) is 16.0 Å². The summed E-state index contributed by atoms with van der Waals surface area (Å²) in [7, 11) is 2.07. The zero-order valence-electron chi connectivity index (χ0n) is 16.0. The second-order valence-corrected chi connectivity index (χ2v) is 8.56. The smallest absolute Gasteiger partial charge is 0.283 e. The molecule has 0 radical (unpaired) electrons. The van der Waals surface area contributed by atoms with Gasteiger partial charge in [-0.1, -0.05) is 13.8 Å². The van der Waals surface area contributed by atoms with Crippen molar-refractivity contribution in [3.8, 4) is 0 Å². The maximum Gasteiger partial charge on any atom is 0.283 e. The van der Waals surface area contributed by atoms with E-state index in [2.05, 4.69) is 38.0 Å². The number of nitrogens with zero attached hydrogens (tertiary/aromatic N) is 2. The Kier molecular flexibility index (Phi) is 7.46. The lowest BCUT2D eigenvalue weighted by atomic mass is 10.2. The topological polar surface area (TPSA) is 75.5 Å². The average Bonchev–Trinajstić information content (AvgIpc) is 3.43. The van der Waals surface area contributed by atoms with Crippen molar-refractivity contribution in [2.24, 2.45) is 5.92 Å². The molecule has 6 nitrogen and oxygen atoms in total. The van der Waals surface area contributed by atoms with E-state index in [1.54, 1.807) is 12.1 Å². The van der Waals surface area contributed by atoms with Gasteiger partial charge in [-0.3, -0.25) is 19.8 Å². The SMILES string of the molecule is CC(C)CCSc1ccc(C(=O)NCC(C)N(C)C2CC2)cc1[N+](=O)[O-]. The Hall–Kier alpha value is -1.60. The highest BCUT2D eigenvalue weighted by molar-refractivity contribution is 7.99. The zero-order chi connectivity index (χ0) is 19.3. The van der Waals surface area contributed by atoms with E-state index in [9.17, 15) is 14.9 Å². The van der Waals surface area contributed by atoms with E-state index in [1.165, 1.54) is 30.7 Å². The van der Waals surface area contributed by atoms with Crippen LogP contribution in [0.2, 0.25) is 0 Å². The van der Waals surface area contributed by atoms with Crippen molar-refractivity contribution >= 4 is 23.4 Å². The van der Waals surface area contributed by atoms with Crippen molar-refractivity contribution in [3.63, 3.8) is 0 Å². The van der Waals surface area contributed by atoms with Crippen molar-refractivity contribution < 1.29 is 9.72 Å². The second kappa shape index (κ2) is 9.37. The van der Waals surface area contributed by atoms with Gasteiger partial charge in [-0.2, -0.15) is 0 Å². The molecule has 1 aromatic carbocycles. The first-order valence-corrected chi connectivity index (χ1v) is 10.2. The number of benzene rings is 1. The zero-order valence-corrected chi connectivity index (χ0v) is 16.8. The molecule has 0 heterocycles. The Morgan fingerprint density at radius 1 is 1.38 bits per heavy atom. The summed E-state index contributed by atoms with van der Waals surface area (Å²) < 4.78 is 0. The summed E-state index contributed by atoms with van der Waals surface area (Å²) in [6.45, 7) is 6.87. The first-order valence-electron chi connectivity index (χ1n) is 9.21. The van der Waals surface area contributed by atoms with E-state index in [1.807, 2.05) is 0 Å². The van der Waals surface area contributed by atoms with E-state index in [4.69, 9.17) is 0 Å². The number of thioether (sulfide) groups is 1. The molecule has 1 fully saturated rings. The molecule has 144 valence electrons. The van der Waals surface area contributed by atoms with Gasteiger partial charge in [0, 0.05) is 30.3 Å². The van der Waals surface area contributed by atoms with Crippen molar-refractivity contribution in [3.05, 3.63) is 33.9 Å². The van der Waals surface area contributed by atoms with Gasteiger partial charge in [-0.15, -0.1) is 11.8 Å². The Morgan fingerprint density at radius 2 is 2.08 bits per heavy atom. The van der Waals surface area contributed by atoms with Crippen molar-refractivity contribution in [2.45, 2.75) is 57.0 Å². The summed E-state index contributed by atoms with van der Waals surface area (Å²) in [5.41, 5.74) is 0.348. The number of carbonyl (C=O) groups is 1. The lowest BCUT2D eigenvalue weighted by Crippen LogP contribution is -2.41. The molecule has 1 atom stereocenters. The minimum atomic E-state index is -0.405. The number of amides is 1. The Balaban J connectivity index is 1.98. The van der Waals surface area contributed by atoms with Gasteiger partial charge >= 0.3 is 0 Å². The predicted octanol–water partition coefficient (Wildman–Crippen LogP) is 3.95. The van der Waals surface area contributed by atoms with E-state index in [0.29, 0.717) is 29.0 Å². The molecule has 0 saturated heterocycles. The number of nitro groups is 1. The van der Waals surface area contributed by atoms with Gasteiger partial charge in [-0.05, 0) is 57.0 Å². The fourth-order valence-electron chi connectivity index (χ4n) is 2.66. The maximum atomic E-state index is 12.4. The minimum Gasteiger partial charge on any atom is -0.350 e. The molecule has 1 amide bonds. The number of hydrogen-bond donors (Lipinski definition) is 1. The number of nitrogens with one attached hydrogen (secondary N) is 1. The lowest BCUT2D eigenvalue weighted by molar-refractivity contribution is -0.387. The van der Waals surface area contributed by atoms with Crippen LogP contribution in [0.4, 0.5) is 5.69 Å². The fraction of sp³-hybridized carbons (Fsp3) is 0.632. The van der Waals surface area contributed by atoms with Gasteiger partial charge in [0.15, 0.2) is 0 Å². The Bertz CT molecular complexity index is 647. The molecule has 1 unspecified atom stereocenters. The molecule has 0 spiro atoms. The van der Waals surface area contributed by atoms with E-state index in [0.717, 1.165) is 12.2 Å². The highest BCUT2D eigenvalue weighted by Crippen LogP contribution is 2.31. The number of carbonyl (C=O) groups excluding carboxylic acids is 1. The van der Waals surface area contributed by atoms with Gasteiger partial charge in [0.25, 0.3) is 11.6 Å². The maximum absolute atomic E-state index is 12.4. The molecule has 2 rings (SSSR count). The first-order chi connectivity index (χ1) is 12.3. The van der Waals surface area contributed by atoms with Gasteiger partial charge < -0.3 is 5.32 Å². The van der Waals surface area contributed by atoms with Crippen LogP contribution < -0.4 is 5.32 Å². The van der Waals surface area contributed by atoms with E-state index < -0.39 is 4.92 Å². The summed E-state index contributed by atoms with van der Waals surface area (Å²) in [4.78, 5) is 26.3. The van der Waals surface area contributed by atoms with Crippen LogP contribution in [0.5, 0.6) is 0 Å². The largest absolute Gasteiger partial charge is 0.350 e. The van der Waals surface area contributed by atoms with Crippen LogP contribution in [-0.4, -0.2) is 47.2 Å². The molecular weight excluding hydrogens is 350 g/mol. The molecule has 1 aromatic rings. The molecule has 1 aliphatic carbocycles. The Morgan fingerprint density at radius 3 is 2.65 bits per heavy atom. The van der Waals surface area contributed by atoms with Crippen LogP contribution in [0.1, 0.15) is 50.4 Å². The molecule has 0 bridgehead atoms. The fourth-order valence-corrected chi connectivity index (χ4v) is 3.91. The number of nitro benzene ring substituents is 1. The quantitative estimate of drug-likeness (QED) is 0.378. The van der Waals surface area contributed by atoms with Crippen molar-refractivity contribution in [1.29, 1.82) is 0 Å². The van der Waals surface area contributed by atoms with Crippen LogP contribution in [-0.2, 0) is 0 Å². The average molecular weight is 380 g/mol. The number of hydrogen-bond acceptors (Lipinski definition) is 5. The summed E-state index contributed by atoms with van der Waals surface area (Å²) in [5.74, 6) is 1.12. The summed E-state index contributed by atoms with van der Waals surface area (Å²) in [6, 6.07) is 5.63. The van der Waals surface area contributed by atoms with Crippen molar-refractivity contribution in [2.75, 3.05) is 19.3 Å². The second-order valence-electron chi connectivity index (χ2n) is 7.43. The van der Waals surface area contributed by atoms with Gasteiger partial charge in [-0.25, -0.2) is 0 Å². The summed E-state index contributed by atoms with van der Waals surface area (Å²) >= 11 is 1.48. The molecule has 0 aliphatic heterocycles. The molecule has 1 saturated carbocycles.